The summed E-state index contributed by atoms with van der Waals surface area (Å²) >= 11 is 0. The number of aldehydes is 1. The van der Waals surface area contributed by atoms with Crippen molar-refractivity contribution < 1.29 is 28.8 Å². The van der Waals surface area contributed by atoms with E-state index in [4.69, 9.17) is 9.47 Å². The number of nitrogens with zero attached hydrogens (tertiary/aromatic N) is 2. The lowest BCUT2D eigenvalue weighted by Gasteiger charge is -2.38. The molecule has 1 unspecified atom stereocenters. The fraction of sp³-hybridized carbons (Fsp3) is 0.571. The molecule has 164 valence electrons. The topological polar surface area (TPSA) is 116 Å². The van der Waals surface area contributed by atoms with Gasteiger partial charge >= 0.3 is 5.97 Å². The molecule has 9 heteroatoms. The average Bonchev–Trinajstić information content (AvgIpc) is 2.71. The van der Waals surface area contributed by atoms with Gasteiger partial charge in [0.2, 0.25) is 5.91 Å². The number of esters is 1. The van der Waals surface area contributed by atoms with Crippen molar-refractivity contribution in [3.8, 4) is 5.75 Å². The van der Waals surface area contributed by atoms with E-state index >= 15 is 0 Å². The van der Waals surface area contributed by atoms with Crippen LogP contribution in [0.3, 0.4) is 0 Å². The molecule has 0 spiro atoms. The van der Waals surface area contributed by atoms with Crippen LogP contribution < -0.4 is 4.74 Å². The summed E-state index contributed by atoms with van der Waals surface area (Å²) in [6.45, 7) is 3.21. The van der Waals surface area contributed by atoms with Crippen LogP contribution in [0.2, 0.25) is 0 Å². The highest BCUT2D eigenvalue weighted by Gasteiger charge is 2.30. The summed E-state index contributed by atoms with van der Waals surface area (Å²) in [5.41, 5.74) is -0.345. The second-order valence-electron chi connectivity index (χ2n) is 7.35. The molecule has 0 N–H and O–H groups in total. The number of nitro groups is 1. The molecule has 0 bridgehead atoms. The Morgan fingerprint density at radius 1 is 1.30 bits per heavy atom. The number of hydrogen-bond donors (Lipinski definition) is 0. The molecular formula is C21H28N2O7. The second kappa shape index (κ2) is 11.3. The van der Waals surface area contributed by atoms with E-state index in [1.165, 1.54) is 25.1 Å². The van der Waals surface area contributed by atoms with E-state index in [1.54, 1.807) is 11.8 Å². The molecule has 1 saturated carbocycles. The van der Waals surface area contributed by atoms with E-state index in [1.807, 2.05) is 0 Å². The molecule has 1 aliphatic rings. The van der Waals surface area contributed by atoms with Gasteiger partial charge in [0.15, 0.2) is 12.5 Å². The van der Waals surface area contributed by atoms with Gasteiger partial charge in [0, 0.05) is 19.4 Å². The van der Waals surface area contributed by atoms with Crippen molar-refractivity contribution in [2.75, 3.05) is 6.61 Å². The summed E-state index contributed by atoms with van der Waals surface area (Å²) in [4.78, 5) is 47.1. The van der Waals surface area contributed by atoms with Crippen LogP contribution >= 0.6 is 0 Å². The van der Waals surface area contributed by atoms with Gasteiger partial charge in [-0.2, -0.15) is 0 Å². The number of carbonyl (C=O) groups excluding carboxylic acids is 3. The Labute approximate surface area is 175 Å². The molecule has 1 fully saturated rings. The zero-order valence-corrected chi connectivity index (χ0v) is 17.4. The van der Waals surface area contributed by atoms with Gasteiger partial charge in [-0.15, -0.1) is 0 Å². The van der Waals surface area contributed by atoms with Gasteiger partial charge in [0.25, 0.3) is 5.69 Å². The van der Waals surface area contributed by atoms with Crippen molar-refractivity contribution in [2.24, 2.45) is 0 Å². The van der Waals surface area contributed by atoms with Crippen LogP contribution in [-0.2, 0) is 14.3 Å². The van der Waals surface area contributed by atoms with Crippen LogP contribution in [0.4, 0.5) is 5.69 Å². The standard InChI is InChI=1S/C21H28N2O7/c1-15(30-16(2)25)22(18-7-4-3-5-8-18)21(26)9-6-12-29-19-11-10-17(14-24)20(13-19)23(27)28/h10-11,13-15,18H,3-9,12H2,1-2H3. The summed E-state index contributed by atoms with van der Waals surface area (Å²) < 4.78 is 10.8. The zero-order valence-electron chi connectivity index (χ0n) is 17.4. The third-order valence-electron chi connectivity index (χ3n) is 5.11. The summed E-state index contributed by atoms with van der Waals surface area (Å²) in [7, 11) is 0. The van der Waals surface area contributed by atoms with E-state index in [0.29, 0.717) is 12.7 Å². The average molecular weight is 420 g/mol. The van der Waals surface area contributed by atoms with Crippen molar-refractivity contribution in [1.29, 1.82) is 0 Å². The van der Waals surface area contributed by atoms with Crippen molar-refractivity contribution in [3.05, 3.63) is 33.9 Å². The maximum absolute atomic E-state index is 12.9. The van der Waals surface area contributed by atoms with E-state index in [2.05, 4.69) is 0 Å². The lowest BCUT2D eigenvalue weighted by molar-refractivity contribution is -0.385. The smallest absolute Gasteiger partial charge is 0.304 e. The minimum absolute atomic E-state index is 0.0230. The van der Waals surface area contributed by atoms with E-state index in [9.17, 15) is 24.5 Å². The van der Waals surface area contributed by atoms with E-state index in [0.717, 1.165) is 32.1 Å². The predicted molar refractivity (Wildman–Crippen MR) is 108 cm³/mol. The van der Waals surface area contributed by atoms with Crippen LogP contribution in [0.25, 0.3) is 0 Å². The first kappa shape index (κ1) is 23.3. The van der Waals surface area contributed by atoms with Gasteiger partial charge in [0.1, 0.15) is 5.75 Å². The van der Waals surface area contributed by atoms with Gasteiger partial charge in [-0.05, 0) is 38.3 Å². The number of amides is 1. The summed E-state index contributed by atoms with van der Waals surface area (Å²) in [5.74, 6) is -0.279. The number of benzene rings is 1. The summed E-state index contributed by atoms with van der Waals surface area (Å²) in [6.07, 6.45) is 5.40. The molecule has 1 aliphatic carbocycles. The Morgan fingerprint density at radius 3 is 2.60 bits per heavy atom. The molecule has 1 aromatic rings. The predicted octanol–water partition coefficient (Wildman–Crippen LogP) is 3.64. The highest BCUT2D eigenvalue weighted by atomic mass is 16.6. The van der Waals surface area contributed by atoms with Crippen LogP contribution in [0, 0.1) is 10.1 Å². The molecule has 1 amide bonds. The van der Waals surface area contributed by atoms with Gasteiger partial charge < -0.3 is 14.4 Å². The third kappa shape index (κ3) is 6.53. The minimum Gasteiger partial charge on any atom is -0.493 e. The number of rotatable bonds is 10. The molecule has 1 aromatic carbocycles. The molecule has 9 nitrogen and oxygen atoms in total. The van der Waals surface area contributed by atoms with Gasteiger partial charge in [-0.1, -0.05) is 19.3 Å². The SMILES string of the molecule is CC(=O)OC(C)N(C(=O)CCCOc1ccc(C=O)c([N+](=O)[O-])c1)C1CCCCC1. The van der Waals surface area contributed by atoms with Crippen LogP contribution in [0.1, 0.15) is 69.2 Å². The fourth-order valence-electron chi connectivity index (χ4n) is 3.77. The lowest BCUT2D eigenvalue weighted by atomic mass is 9.93. The number of carbonyl (C=O) groups is 3. The van der Waals surface area contributed by atoms with Gasteiger partial charge in [0.05, 0.1) is 23.2 Å². The third-order valence-corrected chi connectivity index (χ3v) is 5.11. The Kier molecular flexibility index (Phi) is 8.76. The van der Waals surface area contributed by atoms with Crippen molar-refractivity contribution in [1.82, 2.24) is 4.90 Å². The van der Waals surface area contributed by atoms with Crippen molar-refractivity contribution >= 4 is 23.9 Å². The van der Waals surface area contributed by atoms with Crippen molar-refractivity contribution in [2.45, 2.75) is 71.1 Å². The van der Waals surface area contributed by atoms with E-state index < -0.39 is 17.1 Å². The first-order valence-corrected chi connectivity index (χ1v) is 10.2. The number of ether oxygens (including phenoxy) is 2. The Balaban J connectivity index is 1.93. The van der Waals surface area contributed by atoms with Crippen LogP contribution in [0.5, 0.6) is 5.75 Å². The normalized spacial score (nSPS) is 15.1. The van der Waals surface area contributed by atoms with Crippen LogP contribution in [-0.4, -0.2) is 46.9 Å². The molecule has 2 rings (SSSR count). The van der Waals surface area contributed by atoms with Gasteiger partial charge in [-0.3, -0.25) is 24.5 Å². The molecule has 0 aromatic heterocycles. The monoisotopic (exact) mass is 420 g/mol. The Morgan fingerprint density at radius 2 is 2.00 bits per heavy atom. The Hall–Kier alpha value is -2.97. The molecule has 0 radical (unpaired) electrons. The fourth-order valence-corrected chi connectivity index (χ4v) is 3.77. The highest BCUT2D eigenvalue weighted by Crippen LogP contribution is 2.26. The van der Waals surface area contributed by atoms with Crippen LogP contribution in [0.15, 0.2) is 18.2 Å². The number of hydrogen-bond acceptors (Lipinski definition) is 7. The first-order chi connectivity index (χ1) is 14.3. The second-order valence-corrected chi connectivity index (χ2v) is 7.35. The number of nitro benzene ring substituents is 1. The first-order valence-electron chi connectivity index (χ1n) is 10.2. The molecule has 0 heterocycles. The summed E-state index contributed by atoms with van der Waals surface area (Å²) in [5, 5.41) is 11.0. The molecular weight excluding hydrogens is 392 g/mol. The molecule has 0 aliphatic heterocycles. The highest BCUT2D eigenvalue weighted by molar-refractivity contribution is 5.81. The molecule has 0 saturated heterocycles. The van der Waals surface area contributed by atoms with Crippen molar-refractivity contribution in [3.63, 3.8) is 0 Å². The zero-order chi connectivity index (χ0) is 22.1. The molecule has 1 atom stereocenters. The maximum atomic E-state index is 12.9. The van der Waals surface area contributed by atoms with E-state index in [-0.39, 0.29) is 42.0 Å². The summed E-state index contributed by atoms with van der Waals surface area (Å²) in [6, 6.07) is 4.07. The van der Waals surface area contributed by atoms with Gasteiger partial charge in [-0.25, -0.2) is 0 Å². The largest absolute Gasteiger partial charge is 0.493 e. The lowest BCUT2D eigenvalue weighted by Crippen LogP contribution is -2.48. The minimum atomic E-state index is -0.640. The maximum Gasteiger partial charge on any atom is 0.304 e. The quantitative estimate of drug-likeness (QED) is 0.142. The molecule has 30 heavy (non-hydrogen) atoms. The Bertz CT molecular complexity index is 775.